The Kier molecular flexibility index (Phi) is 2.89. The minimum Gasteiger partial charge on any atom is -0.486 e. The Balaban J connectivity index is 1.89. The van der Waals surface area contributed by atoms with Crippen molar-refractivity contribution in [1.29, 1.82) is 0 Å². The minimum atomic E-state index is -0.0436. The fraction of sp³-hybridized carbons (Fsp3) is 0.167. The Morgan fingerprint density at radius 3 is 2.64 bits per heavy atom. The molecule has 0 aliphatic carbocycles. The van der Waals surface area contributed by atoms with Gasteiger partial charge in [0.1, 0.15) is 25.1 Å². The van der Waals surface area contributed by atoms with Crippen molar-refractivity contribution < 1.29 is 13.9 Å². The topological polar surface area (TPSA) is 48.7 Å². The van der Waals surface area contributed by atoms with E-state index < -0.39 is 0 Å². The van der Waals surface area contributed by atoms with Gasteiger partial charge >= 0.3 is 0 Å². The standard InChI is InChI=1S/C18H14O4/c1-11-2-4-13-16(8-11)22-10-14(18(13)19)12-3-5-15-17(9-12)21-7-6-20-15/h2-5,8-10H,6-7H2,1H3. The lowest BCUT2D eigenvalue weighted by molar-refractivity contribution is 0.171. The van der Waals surface area contributed by atoms with E-state index in [0.29, 0.717) is 41.2 Å². The number of aryl methyl sites for hydroxylation is 1. The first-order chi connectivity index (χ1) is 10.7. The molecule has 110 valence electrons. The van der Waals surface area contributed by atoms with Crippen molar-refractivity contribution in [2.24, 2.45) is 0 Å². The zero-order chi connectivity index (χ0) is 15.1. The minimum absolute atomic E-state index is 0.0436. The summed E-state index contributed by atoms with van der Waals surface area (Å²) in [5.74, 6) is 1.36. The molecule has 0 atom stereocenters. The van der Waals surface area contributed by atoms with E-state index in [1.165, 1.54) is 6.26 Å². The fourth-order valence-electron chi connectivity index (χ4n) is 2.65. The average molecular weight is 294 g/mol. The third kappa shape index (κ3) is 2.04. The fourth-order valence-corrected chi connectivity index (χ4v) is 2.65. The van der Waals surface area contributed by atoms with Crippen molar-refractivity contribution in [3.05, 3.63) is 58.4 Å². The summed E-state index contributed by atoms with van der Waals surface area (Å²) >= 11 is 0. The second kappa shape index (κ2) is 4.91. The zero-order valence-corrected chi connectivity index (χ0v) is 12.1. The van der Waals surface area contributed by atoms with Gasteiger partial charge in [0.15, 0.2) is 16.9 Å². The molecule has 4 nitrogen and oxygen atoms in total. The summed E-state index contributed by atoms with van der Waals surface area (Å²) in [7, 11) is 0. The van der Waals surface area contributed by atoms with Crippen LogP contribution in [0.5, 0.6) is 11.5 Å². The van der Waals surface area contributed by atoms with Crippen LogP contribution < -0.4 is 14.9 Å². The monoisotopic (exact) mass is 294 g/mol. The molecule has 0 fully saturated rings. The Hall–Kier alpha value is -2.75. The van der Waals surface area contributed by atoms with Gasteiger partial charge in [-0.3, -0.25) is 4.79 Å². The third-order valence-electron chi connectivity index (χ3n) is 3.78. The Morgan fingerprint density at radius 1 is 0.955 bits per heavy atom. The maximum atomic E-state index is 12.7. The van der Waals surface area contributed by atoms with E-state index in [1.54, 1.807) is 6.07 Å². The van der Waals surface area contributed by atoms with Gasteiger partial charge < -0.3 is 13.9 Å². The summed E-state index contributed by atoms with van der Waals surface area (Å²) in [6, 6.07) is 11.1. The lowest BCUT2D eigenvalue weighted by Gasteiger charge is -2.18. The number of benzene rings is 2. The van der Waals surface area contributed by atoms with E-state index >= 15 is 0 Å². The van der Waals surface area contributed by atoms with Gasteiger partial charge in [-0.1, -0.05) is 12.1 Å². The Bertz CT molecular complexity index is 924. The molecule has 1 aromatic heterocycles. The predicted octanol–water partition coefficient (Wildman–Crippen LogP) is 3.54. The van der Waals surface area contributed by atoms with Gasteiger partial charge in [0.25, 0.3) is 0 Å². The molecular weight excluding hydrogens is 280 g/mol. The molecule has 2 heterocycles. The summed E-state index contributed by atoms with van der Waals surface area (Å²) in [6.45, 7) is 3.03. The summed E-state index contributed by atoms with van der Waals surface area (Å²) in [5.41, 5.74) is 2.90. The van der Waals surface area contributed by atoms with Crippen LogP contribution in [0.4, 0.5) is 0 Å². The first-order valence-corrected chi connectivity index (χ1v) is 7.14. The van der Waals surface area contributed by atoms with Crippen molar-refractivity contribution >= 4 is 11.0 Å². The van der Waals surface area contributed by atoms with E-state index in [1.807, 2.05) is 37.3 Å². The predicted molar refractivity (Wildman–Crippen MR) is 83.6 cm³/mol. The number of rotatable bonds is 1. The Labute approximate surface area is 126 Å². The average Bonchev–Trinajstić information content (AvgIpc) is 2.54. The SMILES string of the molecule is Cc1ccc2c(=O)c(-c3ccc4c(c3)OCCO4)coc2c1. The molecule has 0 saturated carbocycles. The number of ether oxygens (including phenoxy) is 2. The van der Waals surface area contributed by atoms with Crippen molar-refractivity contribution in [3.63, 3.8) is 0 Å². The van der Waals surface area contributed by atoms with Crippen LogP contribution in [0.1, 0.15) is 5.56 Å². The van der Waals surface area contributed by atoms with Crippen LogP contribution >= 0.6 is 0 Å². The molecule has 0 bridgehead atoms. The largest absolute Gasteiger partial charge is 0.486 e. The number of hydrogen-bond donors (Lipinski definition) is 0. The van der Waals surface area contributed by atoms with Crippen molar-refractivity contribution in [2.45, 2.75) is 6.92 Å². The molecule has 0 radical (unpaired) electrons. The first kappa shape index (κ1) is 13.0. The molecule has 0 N–H and O–H groups in total. The molecule has 4 rings (SSSR count). The van der Waals surface area contributed by atoms with Crippen molar-refractivity contribution in [1.82, 2.24) is 0 Å². The molecule has 1 aliphatic rings. The quantitative estimate of drug-likeness (QED) is 0.689. The van der Waals surface area contributed by atoms with Crippen LogP contribution in [0.25, 0.3) is 22.1 Å². The van der Waals surface area contributed by atoms with Crippen LogP contribution in [0.15, 0.2) is 51.9 Å². The van der Waals surface area contributed by atoms with Gasteiger partial charge in [-0.2, -0.15) is 0 Å². The summed E-state index contributed by atoms with van der Waals surface area (Å²) in [6.07, 6.45) is 1.51. The smallest absolute Gasteiger partial charge is 0.200 e. The Morgan fingerprint density at radius 2 is 1.77 bits per heavy atom. The van der Waals surface area contributed by atoms with Crippen LogP contribution in [-0.2, 0) is 0 Å². The molecule has 4 heteroatoms. The lowest BCUT2D eigenvalue weighted by atomic mass is 10.0. The molecule has 0 spiro atoms. The molecule has 2 aromatic carbocycles. The van der Waals surface area contributed by atoms with Crippen LogP contribution in [0, 0.1) is 6.92 Å². The molecular formula is C18H14O4. The van der Waals surface area contributed by atoms with Crippen LogP contribution in [-0.4, -0.2) is 13.2 Å². The highest BCUT2D eigenvalue weighted by Gasteiger charge is 2.15. The molecule has 0 amide bonds. The van der Waals surface area contributed by atoms with Gasteiger partial charge in [0, 0.05) is 0 Å². The van der Waals surface area contributed by atoms with Crippen LogP contribution in [0.2, 0.25) is 0 Å². The highest BCUT2D eigenvalue weighted by atomic mass is 16.6. The van der Waals surface area contributed by atoms with Gasteiger partial charge in [0.2, 0.25) is 0 Å². The van der Waals surface area contributed by atoms with Gasteiger partial charge in [-0.25, -0.2) is 0 Å². The first-order valence-electron chi connectivity index (χ1n) is 7.14. The second-order valence-corrected chi connectivity index (χ2v) is 5.34. The van der Waals surface area contributed by atoms with Crippen molar-refractivity contribution in [2.75, 3.05) is 13.2 Å². The van der Waals surface area contributed by atoms with Gasteiger partial charge in [-0.05, 0) is 42.3 Å². The van der Waals surface area contributed by atoms with Crippen molar-refractivity contribution in [3.8, 4) is 22.6 Å². The summed E-state index contributed by atoms with van der Waals surface area (Å²) < 4.78 is 16.7. The maximum absolute atomic E-state index is 12.7. The van der Waals surface area contributed by atoms with E-state index in [-0.39, 0.29) is 5.43 Å². The molecule has 3 aromatic rings. The normalized spacial score (nSPS) is 13.3. The van der Waals surface area contributed by atoms with E-state index in [0.717, 1.165) is 11.1 Å². The zero-order valence-electron chi connectivity index (χ0n) is 12.1. The third-order valence-corrected chi connectivity index (χ3v) is 3.78. The summed E-state index contributed by atoms with van der Waals surface area (Å²) in [5, 5.41) is 0.581. The lowest BCUT2D eigenvalue weighted by Crippen LogP contribution is -2.15. The highest BCUT2D eigenvalue weighted by Crippen LogP contribution is 2.34. The number of fused-ring (bicyclic) bond motifs is 2. The van der Waals surface area contributed by atoms with Gasteiger partial charge in [0.05, 0.1) is 10.9 Å². The van der Waals surface area contributed by atoms with E-state index in [9.17, 15) is 4.79 Å². The highest BCUT2D eigenvalue weighted by molar-refractivity contribution is 5.82. The molecule has 1 aliphatic heterocycles. The van der Waals surface area contributed by atoms with Crippen LogP contribution in [0.3, 0.4) is 0 Å². The van der Waals surface area contributed by atoms with Gasteiger partial charge in [-0.15, -0.1) is 0 Å². The van der Waals surface area contributed by atoms with E-state index in [2.05, 4.69) is 0 Å². The molecule has 0 unspecified atom stereocenters. The van der Waals surface area contributed by atoms with E-state index in [4.69, 9.17) is 13.9 Å². The molecule has 0 saturated heterocycles. The second-order valence-electron chi connectivity index (χ2n) is 5.34. The summed E-state index contributed by atoms with van der Waals surface area (Å²) in [4.78, 5) is 12.7. The molecule has 22 heavy (non-hydrogen) atoms. The number of hydrogen-bond acceptors (Lipinski definition) is 4. The maximum Gasteiger partial charge on any atom is 0.200 e.